The van der Waals surface area contributed by atoms with Gasteiger partial charge in [0.1, 0.15) is 6.33 Å². The Morgan fingerprint density at radius 3 is 2.20 bits per heavy atom. The summed E-state index contributed by atoms with van der Waals surface area (Å²) in [7, 11) is 0. The molecule has 5 rings (SSSR count). The van der Waals surface area contributed by atoms with E-state index in [-0.39, 0.29) is 60.0 Å². The van der Waals surface area contributed by atoms with E-state index in [4.69, 9.17) is 9.10 Å². The molecule has 0 unspecified atom stereocenters. The van der Waals surface area contributed by atoms with Crippen LogP contribution < -0.4 is 0 Å². The first-order valence-corrected chi connectivity index (χ1v) is 18.1. The first kappa shape index (κ1) is 35.8. The Hall–Kier alpha value is -2.99. The van der Waals surface area contributed by atoms with Crippen LogP contribution >= 0.6 is 11.3 Å². The molecular formula is C42H54IrN3O2S-. The molecule has 2 aromatic carbocycles. The van der Waals surface area contributed by atoms with Crippen LogP contribution in [0.15, 0.2) is 54.6 Å². The quantitative estimate of drug-likeness (QED) is 0.0908. The number of hydrogen-bond acceptors (Lipinski definition) is 6. The molecule has 1 N–H and O–H groups in total. The molecule has 0 spiro atoms. The molecule has 0 saturated carbocycles. The third kappa shape index (κ3) is 9.83. The fraction of sp³-hybridized carbons (Fsp3) is 0.476. The van der Waals surface area contributed by atoms with E-state index in [9.17, 15) is 9.90 Å². The van der Waals surface area contributed by atoms with Gasteiger partial charge in [0.2, 0.25) is 0 Å². The molecule has 49 heavy (non-hydrogen) atoms. The second kappa shape index (κ2) is 16.8. The van der Waals surface area contributed by atoms with Gasteiger partial charge >= 0.3 is 0 Å². The molecule has 0 aliphatic carbocycles. The Labute approximate surface area is 315 Å². The number of aromatic nitrogens is 3. The summed E-state index contributed by atoms with van der Waals surface area (Å²) in [6, 6.07) is 15.6. The molecule has 0 bridgehead atoms. The van der Waals surface area contributed by atoms with Crippen LogP contribution in [0.1, 0.15) is 116 Å². The smallest absolute Gasteiger partial charge is 0.162 e. The number of aliphatic hydroxyl groups is 1. The van der Waals surface area contributed by atoms with Crippen molar-refractivity contribution in [2.24, 2.45) is 17.3 Å². The molecule has 0 saturated heterocycles. The molecule has 1 radical (unpaired) electrons. The first-order chi connectivity index (χ1) is 23.8. The van der Waals surface area contributed by atoms with Crippen molar-refractivity contribution < 1.29 is 34.1 Å². The van der Waals surface area contributed by atoms with E-state index in [0.717, 1.165) is 69.9 Å². The van der Waals surface area contributed by atoms with Crippen molar-refractivity contribution in [1.29, 1.82) is 0 Å². The van der Waals surface area contributed by atoms with E-state index >= 15 is 0 Å². The van der Waals surface area contributed by atoms with Crippen molar-refractivity contribution >= 4 is 48.3 Å². The number of nitrogens with zero attached hydrogens (tertiary/aromatic N) is 3. The van der Waals surface area contributed by atoms with Gasteiger partial charge in [-0.15, -0.1) is 29.5 Å². The Kier molecular flexibility index (Phi) is 12.3. The zero-order valence-corrected chi connectivity index (χ0v) is 34.0. The molecule has 3 heterocycles. The monoisotopic (exact) mass is 860 g/mol. The maximum atomic E-state index is 11.7. The van der Waals surface area contributed by atoms with Gasteiger partial charge in [0.05, 0.1) is 11.3 Å². The van der Waals surface area contributed by atoms with Crippen molar-refractivity contribution in [2.75, 3.05) is 0 Å². The summed E-state index contributed by atoms with van der Waals surface area (Å²) in [5.41, 5.74) is 5.68. The third-order valence-corrected chi connectivity index (χ3v) is 10.1. The average molecular weight is 860 g/mol. The minimum absolute atomic E-state index is 0. The van der Waals surface area contributed by atoms with Crippen LogP contribution in [0.25, 0.3) is 42.5 Å². The number of benzene rings is 2. The van der Waals surface area contributed by atoms with Gasteiger partial charge in [-0.2, -0.15) is 0 Å². The van der Waals surface area contributed by atoms with Crippen LogP contribution in [-0.4, -0.2) is 25.8 Å². The van der Waals surface area contributed by atoms with Gasteiger partial charge in [-0.1, -0.05) is 104 Å². The van der Waals surface area contributed by atoms with Crippen LogP contribution in [0.4, 0.5) is 0 Å². The van der Waals surface area contributed by atoms with Crippen LogP contribution in [0.3, 0.4) is 0 Å². The summed E-state index contributed by atoms with van der Waals surface area (Å²) in [6.07, 6.45) is 7.54. The topological polar surface area (TPSA) is 76.0 Å². The van der Waals surface area contributed by atoms with E-state index in [2.05, 4.69) is 81.8 Å². The van der Waals surface area contributed by atoms with Gasteiger partial charge in [0, 0.05) is 73.8 Å². The molecule has 5 nitrogen and oxygen atoms in total. The van der Waals surface area contributed by atoms with Gasteiger partial charge in [-0.25, -0.2) is 4.98 Å². The number of pyridine rings is 1. The Morgan fingerprint density at radius 1 is 0.939 bits per heavy atom. The summed E-state index contributed by atoms with van der Waals surface area (Å²) in [5, 5.41) is 11.7. The number of aliphatic hydroxyl groups excluding tert-OH is 1. The summed E-state index contributed by atoms with van der Waals surface area (Å²) >= 11 is 1.71. The minimum atomic E-state index is -2.26. The molecule has 7 heteroatoms. The number of allylic oxidation sites excluding steroid dienone is 2. The van der Waals surface area contributed by atoms with Crippen molar-refractivity contribution in [3.05, 3.63) is 77.4 Å². The first-order valence-electron chi connectivity index (χ1n) is 18.8. The van der Waals surface area contributed by atoms with Crippen molar-refractivity contribution in [3.63, 3.8) is 0 Å². The molecular weight excluding hydrogens is 803 g/mol. The summed E-state index contributed by atoms with van der Waals surface area (Å²) < 4.78 is 25.6. The SMILES string of the molecule is CCC(CC)C(=O)/C=C(\O)C(CC)CC.[2H]C([2H])([2H])c1ccc2[c-]c(-c3ncnc4c3sc3cc(CC(C)(C)C)ccc34)cc(C(C)(C)C)c2n1.[Ir]. The van der Waals surface area contributed by atoms with Crippen LogP contribution in [0.5, 0.6) is 0 Å². The van der Waals surface area contributed by atoms with Gasteiger partial charge in [-0.05, 0) is 61.4 Å². The number of rotatable bonds is 9. The maximum absolute atomic E-state index is 11.7. The van der Waals surface area contributed by atoms with Gasteiger partial charge in [0.15, 0.2) is 5.78 Å². The number of carbonyl (C=O) groups excluding carboxylic acids is 1. The summed E-state index contributed by atoms with van der Waals surface area (Å²) in [6.45, 7) is 18.9. The number of fused-ring (bicyclic) bond motifs is 4. The number of thiophene rings is 1. The van der Waals surface area contributed by atoms with E-state index in [1.807, 2.05) is 33.8 Å². The zero-order chi connectivity index (χ0) is 37.9. The van der Waals surface area contributed by atoms with Gasteiger partial charge < -0.3 is 5.11 Å². The fourth-order valence-corrected chi connectivity index (χ4v) is 7.39. The standard InChI is InChI=1S/C29H30N3S.C13H24O2.Ir/c1-17-8-10-19-13-20(14-22(24(19)32-17)29(5,6)7)25-27-26(31-16-30-25)21-11-9-18(12-23(21)33-27)15-28(2,3)4;1-5-10(6-2)12(14)9-13(15)11(7-3)8-4;/h8-12,14,16H,15H2,1-7H3;9-11,14H,5-8H2,1-4H3;/q-1;;/b;12-9-;/i1D3;;. The second-order valence-electron chi connectivity index (χ2n) is 15.0. The second-order valence-corrected chi connectivity index (χ2v) is 16.1. The molecule has 5 aromatic rings. The third-order valence-electron chi connectivity index (χ3n) is 8.90. The molecule has 0 fully saturated rings. The average Bonchev–Trinajstić information content (AvgIpc) is 3.41. The van der Waals surface area contributed by atoms with Gasteiger partial charge in [-0.3, -0.25) is 14.8 Å². The molecule has 0 atom stereocenters. The number of ketones is 1. The van der Waals surface area contributed by atoms with Crippen molar-refractivity contribution in [2.45, 2.75) is 114 Å². The van der Waals surface area contributed by atoms with E-state index in [1.165, 1.54) is 16.3 Å². The summed E-state index contributed by atoms with van der Waals surface area (Å²) in [4.78, 5) is 25.6. The largest absolute Gasteiger partial charge is 0.512 e. The van der Waals surface area contributed by atoms with Gasteiger partial charge in [0.25, 0.3) is 0 Å². The van der Waals surface area contributed by atoms with Crippen LogP contribution in [-0.2, 0) is 36.7 Å². The Bertz CT molecular complexity index is 2030. The molecule has 0 amide bonds. The minimum Gasteiger partial charge on any atom is -0.512 e. The van der Waals surface area contributed by atoms with Crippen LogP contribution in [0.2, 0.25) is 0 Å². The number of carbonyl (C=O) groups is 1. The van der Waals surface area contributed by atoms with E-state index < -0.39 is 6.85 Å². The van der Waals surface area contributed by atoms with Crippen LogP contribution in [0, 0.1) is 30.2 Å². The van der Waals surface area contributed by atoms with E-state index in [0.29, 0.717) is 5.52 Å². The van der Waals surface area contributed by atoms with E-state index in [1.54, 1.807) is 23.7 Å². The normalized spacial score (nSPS) is 13.6. The molecule has 265 valence electrons. The molecule has 0 aliphatic heterocycles. The number of hydrogen-bond donors (Lipinski definition) is 1. The molecule has 3 aromatic heterocycles. The fourth-order valence-electron chi connectivity index (χ4n) is 6.17. The van der Waals surface area contributed by atoms with Crippen molar-refractivity contribution in [1.82, 2.24) is 15.0 Å². The molecule has 0 aliphatic rings. The predicted octanol–water partition coefficient (Wildman–Crippen LogP) is 11.9. The Balaban J connectivity index is 0.000000389. The number of aryl methyl sites for hydroxylation is 1. The summed E-state index contributed by atoms with van der Waals surface area (Å²) in [5.74, 6) is 0.547. The zero-order valence-electron chi connectivity index (χ0n) is 33.7. The predicted molar refractivity (Wildman–Crippen MR) is 205 cm³/mol. The Morgan fingerprint density at radius 2 is 1.61 bits per heavy atom. The maximum Gasteiger partial charge on any atom is 0.162 e. The van der Waals surface area contributed by atoms with Crippen molar-refractivity contribution in [3.8, 4) is 11.3 Å².